The highest BCUT2D eigenvalue weighted by atomic mass is 14.9. The number of benzene rings is 2. The molecule has 0 bridgehead atoms. The lowest BCUT2D eigenvalue weighted by molar-refractivity contribution is 0.798. The van der Waals surface area contributed by atoms with Crippen molar-refractivity contribution in [2.24, 2.45) is 4.99 Å². The van der Waals surface area contributed by atoms with E-state index in [-0.39, 0.29) is 0 Å². The number of allylic oxidation sites excluding steroid dienone is 1. The van der Waals surface area contributed by atoms with E-state index in [1.807, 2.05) is 18.2 Å². The maximum absolute atomic E-state index is 4.02. The van der Waals surface area contributed by atoms with Crippen LogP contribution in [0.25, 0.3) is 23.4 Å². The van der Waals surface area contributed by atoms with E-state index in [9.17, 15) is 0 Å². The number of rotatable bonds is 7. The normalized spacial score (nSPS) is 12.2. The number of hydrogen-bond donors (Lipinski definition) is 1. The Bertz CT molecular complexity index is 773. The van der Waals surface area contributed by atoms with E-state index in [1.54, 1.807) is 6.20 Å². The Morgan fingerprint density at radius 3 is 2.57 bits per heavy atom. The summed E-state index contributed by atoms with van der Waals surface area (Å²) in [7, 11) is 0. The molecule has 0 aromatic heterocycles. The van der Waals surface area contributed by atoms with Gasteiger partial charge in [0, 0.05) is 23.7 Å². The smallest absolute Gasteiger partial charge is 0.0339 e. The topological polar surface area (TPSA) is 24.4 Å². The summed E-state index contributed by atoms with van der Waals surface area (Å²) >= 11 is 0. The molecular weight excluding hydrogens is 280 g/mol. The Hall–Kier alpha value is -2.61. The molecule has 0 aliphatic rings. The first-order valence-electron chi connectivity index (χ1n) is 7.98. The average molecular weight is 304 g/mol. The van der Waals surface area contributed by atoms with Crippen LogP contribution in [-0.2, 0) is 0 Å². The van der Waals surface area contributed by atoms with Crippen molar-refractivity contribution in [2.45, 2.75) is 19.8 Å². The second-order valence-electron chi connectivity index (χ2n) is 5.46. The van der Waals surface area contributed by atoms with Gasteiger partial charge in [0.15, 0.2) is 0 Å². The van der Waals surface area contributed by atoms with Crippen LogP contribution in [0.15, 0.2) is 65.8 Å². The van der Waals surface area contributed by atoms with E-state index in [4.69, 9.17) is 0 Å². The molecule has 0 saturated heterocycles. The molecule has 0 aliphatic carbocycles. The first-order chi connectivity index (χ1) is 11.2. The van der Waals surface area contributed by atoms with Crippen molar-refractivity contribution in [3.63, 3.8) is 0 Å². The predicted octanol–water partition coefficient (Wildman–Crippen LogP) is 3.48. The highest BCUT2D eigenvalue weighted by Gasteiger charge is 1.97. The van der Waals surface area contributed by atoms with Gasteiger partial charge < -0.3 is 5.32 Å². The van der Waals surface area contributed by atoms with E-state index in [2.05, 4.69) is 66.9 Å². The summed E-state index contributed by atoms with van der Waals surface area (Å²) in [5, 5.41) is 5.56. The van der Waals surface area contributed by atoms with Gasteiger partial charge in [0.25, 0.3) is 0 Å². The van der Waals surface area contributed by atoms with Crippen LogP contribution in [0.1, 0.15) is 19.8 Å². The van der Waals surface area contributed by atoms with Crippen molar-refractivity contribution in [1.29, 1.82) is 0 Å². The van der Waals surface area contributed by atoms with Gasteiger partial charge in [0.2, 0.25) is 0 Å². The number of hydrogen-bond acceptors (Lipinski definition) is 2. The van der Waals surface area contributed by atoms with Crippen LogP contribution >= 0.6 is 0 Å². The Labute approximate surface area is 138 Å². The van der Waals surface area contributed by atoms with Crippen molar-refractivity contribution in [2.75, 3.05) is 6.54 Å². The zero-order valence-electron chi connectivity index (χ0n) is 13.8. The van der Waals surface area contributed by atoms with E-state index in [0.29, 0.717) is 0 Å². The highest BCUT2D eigenvalue weighted by Crippen LogP contribution is 2.15. The van der Waals surface area contributed by atoms with E-state index < -0.39 is 0 Å². The van der Waals surface area contributed by atoms with E-state index >= 15 is 0 Å². The summed E-state index contributed by atoms with van der Waals surface area (Å²) in [6.07, 6.45) is 6.08. The summed E-state index contributed by atoms with van der Waals surface area (Å²) < 4.78 is 0. The minimum Gasteiger partial charge on any atom is -0.385 e. The molecule has 0 unspecified atom stereocenters. The molecule has 23 heavy (non-hydrogen) atoms. The van der Waals surface area contributed by atoms with Crippen molar-refractivity contribution >= 4 is 19.0 Å². The van der Waals surface area contributed by atoms with Crippen molar-refractivity contribution in [3.05, 3.63) is 71.2 Å². The van der Waals surface area contributed by atoms with Gasteiger partial charge >= 0.3 is 0 Å². The van der Waals surface area contributed by atoms with Gasteiger partial charge in [0.1, 0.15) is 0 Å². The summed E-state index contributed by atoms with van der Waals surface area (Å²) in [4.78, 5) is 3.94. The lowest BCUT2D eigenvalue weighted by Gasteiger charge is -2.05. The van der Waals surface area contributed by atoms with Crippen LogP contribution in [0.4, 0.5) is 0 Å². The zero-order valence-corrected chi connectivity index (χ0v) is 13.8. The standard InChI is InChI=1S/C21H24N2/c1-4-8-17(2)23-14-13-19-11-12-20(15-21(19)16-22-3)18-9-6-5-7-10-18/h5-7,9-13,15-16,23H,2-4,8,14H2,1H3/b19-13-,21-16-. The Kier molecular flexibility index (Phi) is 6.37. The minimum absolute atomic E-state index is 0.765. The molecule has 0 fully saturated rings. The van der Waals surface area contributed by atoms with E-state index in [1.165, 1.54) is 11.1 Å². The Morgan fingerprint density at radius 1 is 1.09 bits per heavy atom. The SMILES string of the molecule is C=N/C=c1/cc(-c2ccccc2)cc/c1=C/CNC(=C)CCC. The second kappa shape index (κ2) is 8.74. The maximum atomic E-state index is 4.02. The molecule has 0 spiro atoms. The van der Waals surface area contributed by atoms with Gasteiger partial charge in [-0.2, -0.15) is 0 Å². The van der Waals surface area contributed by atoms with Gasteiger partial charge in [-0.3, -0.25) is 4.99 Å². The van der Waals surface area contributed by atoms with Crippen molar-refractivity contribution < 1.29 is 0 Å². The average Bonchev–Trinajstić information content (AvgIpc) is 2.57. The van der Waals surface area contributed by atoms with Gasteiger partial charge in [-0.25, -0.2) is 0 Å². The molecule has 2 aromatic carbocycles. The van der Waals surface area contributed by atoms with Gasteiger partial charge in [-0.1, -0.05) is 68.5 Å². The molecule has 0 aliphatic heterocycles. The third-order valence-corrected chi connectivity index (χ3v) is 3.65. The summed E-state index contributed by atoms with van der Waals surface area (Å²) in [6.45, 7) is 10.5. The highest BCUT2D eigenvalue weighted by molar-refractivity contribution is 5.64. The van der Waals surface area contributed by atoms with Gasteiger partial charge in [-0.05, 0) is 35.6 Å². The number of aliphatic imine (C=N–C) groups is 1. The molecule has 0 heterocycles. The van der Waals surface area contributed by atoms with Gasteiger partial charge in [-0.15, -0.1) is 0 Å². The molecule has 2 heteroatoms. The number of nitrogens with one attached hydrogen (secondary N) is 1. The lowest BCUT2D eigenvalue weighted by Crippen LogP contribution is -2.26. The van der Waals surface area contributed by atoms with Crippen LogP contribution < -0.4 is 15.8 Å². The monoisotopic (exact) mass is 304 g/mol. The molecule has 0 radical (unpaired) electrons. The van der Waals surface area contributed by atoms with Crippen molar-refractivity contribution in [1.82, 2.24) is 5.32 Å². The van der Waals surface area contributed by atoms with Crippen molar-refractivity contribution in [3.8, 4) is 11.1 Å². The molecule has 0 saturated carbocycles. The third kappa shape index (κ3) is 4.96. The predicted molar refractivity (Wildman–Crippen MR) is 102 cm³/mol. The lowest BCUT2D eigenvalue weighted by atomic mass is 10.0. The zero-order chi connectivity index (χ0) is 16.5. The molecular formula is C21H24N2. The molecule has 118 valence electrons. The summed E-state index contributed by atoms with van der Waals surface area (Å²) in [5.41, 5.74) is 3.46. The first-order valence-corrected chi connectivity index (χ1v) is 7.98. The Balaban J connectivity index is 2.29. The fraction of sp³-hybridized carbons (Fsp3) is 0.190. The largest absolute Gasteiger partial charge is 0.385 e. The fourth-order valence-corrected chi connectivity index (χ4v) is 2.48. The summed E-state index contributed by atoms with van der Waals surface area (Å²) in [6, 6.07) is 16.8. The molecule has 0 amide bonds. The molecule has 2 aromatic rings. The van der Waals surface area contributed by atoms with Gasteiger partial charge in [0.05, 0.1) is 0 Å². The van der Waals surface area contributed by atoms with Crippen LogP contribution in [0, 0.1) is 0 Å². The van der Waals surface area contributed by atoms with Crippen LogP contribution in [0.3, 0.4) is 0 Å². The van der Waals surface area contributed by atoms with Crippen LogP contribution in [0.5, 0.6) is 0 Å². The molecule has 2 nitrogen and oxygen atoms in total. The number of nitrogens with zero attached hydrogens (tertiary/aromatic N) is 1. The molecule has 2 rings (SSSR count). The van der Waals surface area contributed by atoms with Crippen LogP contribution in [0.2, 0.25) is 0 Å². The third-order valence-electron chi connectivity index (χ3n) is 3.65. The maximum Gasteiger partial charge on any atom is 0.0339 e. The van der Waals surface area contributed by atoms with Crippen LogP contribution in [-0.4, -0.2) is 13.3 Å². The Morgan fingerprint density at radius 2 is 1.87 bits per heavy atom. The summed E-state index contributed by atoms with van der Waals surface area (Å²) in [5.74, 6) is 0. The minimum atomic E-state index is 0.765. The second-order valence-corrected chi connectivity index (χ2v) is 5.46. The molecule has 1 N–H and O–H groups in total. The molecule has 0 atom stereocenters. The fourth-order valence-electron chi connectivity index (χ4n) is 2.48. The first kappa shape index (κ1) is 16.8. The quantitative estimate of drug-likeness (QED) is 0.778. The van der Waals surface area contributed by atoms with E-state index in [0.717, 1.165) is 35.5 Å².